The zero-order valence-corrected chi connectivity index (χ0v) is 13.1. The van der Waals surface area contributed by atoms with Crippen molar-refractivity contribution in [2.24, 2.45) is 5.14 Å². The first-order valence-electron chi connectivity index (χ1n) is 6.35. The van der Waals surface area contributed by atoms with E-state index in [1.165, 1.54) is 30.2 Å². The number of rotatable bonds is 7. The van der Waals surface area contributed by atoms with Crippen LogP contribution in [0.1, 0.15) is 17.3 Å². The van der Waals surface area contributed by atoms with Gasteiger partial charge >= 0.3 is 0 Å². The molecule has 21 heavy (non-hydrogen) atoms. The summed E-state index contributed by atoms with van der Waals surface area (Å²) < 4.78 is 33.1. The number of hydrogen-bond donors (Lipinski definition) is 1. The van der Waals surface area contributed by atoms with Crippen LogP contribution in [-0.2, 0) is 14.8 Å². The maximum atomic E-state index is 12.4. The van der Waals surface area contributed by atoms with Crippen molar-refractivity contribution >= 4 is 15.9 Å². The van der Waals surface area contributed by atoms with Gasteiger partial charge in [-0.25, -0.2) is 13.6 Å². The monoisotopic (exact) mass is 316 g/mol. The van der Waals surface area contributed by atoms with Crippen LogP contribution in [0, 0.1) is 0 Å². The lowest BCUT2D eigenvalue weighted by Gasteiger charge is -2.19. The second-order valence-corrected chi connectivity index (χ2v) is 5.92. The molecule has 0 fully saturated rings. The molecule has 8 heteroatoms. The number of primary sulfonamides is 1. The molecule has 0 radical (unpaired) electrons. The summed E-state index contributed by atoms with van der Waals surface area (Å²) in [5.41, 5.74) is 0.155. The lowest BCUT2D eigenvalue weighted by atomic mass is 10.1. The summed E-state index contributed by atoms with van der Waals surface area (Å²) >= 11 is 0. The summed E-state index contributed by atoms with van der Waals surface area (Å²) in [6.07, 6.45) is 0. The maximum absolute atomic E-state index is 12.4. The van der Waals surface area contributed by atoms with Gasteiger partial charge in [0.1, 0.15) is 5.75 Å². The first-order chi connectivity index (χ1) is 9.81. The van der Waals surface area contributed by atoms with Crippen LogP contribution in [0.15, 0.2) is 23.1 Å². The molecule has 0 aliphatic heterocycles. The summed E-state index contributed by atoms with van der Waals surface area (Å²) in [5.74, 6) is -0.0415. The molecule has 0 saturated carbocycles. The molecule has 0 saturated heterocycles. The van der Waals surface area contributed by atoms with Crippen LogP contribution < -0.4 is 9.88 Å². The Hall–Kier alpha value is -1.64. The van der Waals surface area contributed by atoms with Crippen molar-refractivity contribution in [3.05, 3.63) is 23.8 Å². The lowest BCUT2D eigenvalue weighted by molar-refractivity contribution is 0.0740. The fourth-order valence-corrected chi connectivity index (χ4v) is 2.21. The zero-order valence-electron chi connectivity index (χ0n) is 12.3. The van der Waals surface area contributed by atoms with E-state index in [0.29, 0.717) is 25.5 Å². The van der Waals surface area contributed by atoms with E-state index in [4.69, 9.17) is 14.6 Å². The molecule has 0 bridgehead atoms. The summed E-state index contributed by atoms with van der Waals surface area (Å²) in [7, 11) is -0.753. The molecule has 0 aliphatic carbocycles. The van der Waals surface area contributed by atoms with E-state index in [-0.39, 0.29) is 16.4 Å². The van der Waals surface area contributed by atoms with Gasteiger partial charge < -0.3 is 14.4 Å². The van der Waals surface area contributed by atoms with Gasteiger partial charge in [0, 0.05) is 20.7 Å². The van der Waals surface area contributed by atoms with Crippen molar-refractivity contribution in [1.82, 2.24) is 4.90 Å². The van der Waals surface area contributed by atoms with Gasteiger partial charge in [0.05, 0.1) is 23.7 Å². The van der Waals surface area contributed by atoms with E-state index in [9.17, 15) is 13.2 Å². The summed E-state index contributed by atoms with van der Waals surface area (Å²) in [6, 6.07) is 3.97. The van der Waals surface area contributed by atoms with Crippen molar-refractivity contribution in [3.8, 4) is 5.75 Å². The quantitative estimate of drug-likeness (QED) is 0.787. The van der Waals surface area contributed by atoms with Gasteiger partial charge in [0.25, 0.3) is 5.91 Å². The number of nitrogens with zero attached hydrogens (tertiary/aromatic N) is 1. The zero-order chi connectivity index (χ0) is 16.0. The molecule has 0 atom stereocenters. The third-order valence-corrected chi connectivity index (χ3v) is 3.70. The van der Waals surface area contributed by atoms with Gasteiger partial charge in [-0.05, 0) is 25.1 Å². The lowest BCUT2D eigenvalue weighted by Crippen LogP contribution is -2.30. The molecule has 0 heterocycles. The van der Waals surface area contributed by atoms with Crippen molar-refractivity contribution in [2.75, 3.05) is 33.9 Å². The number of nitrogens with two attached hydrogens (primary N) is 1. The van der Waals surface area contributed by atoms with Gasteiger partial charge in [-0.2, -0.15) is 0 Å². The number of methoxy groups -OCH3 is 1. The number of carbonyl (C=O) groups excluding carboxylic acids is 1. The summed E-state index contributed by atoms with van der Waals surface area (Å²) in [4.78, 5) is 13.7. The number of benzene rings is 1. The fourth-order valence-electron chi connectivity index (χ4n) is 1.67. The highest BCUT2D eigenvalue weighted by Crippen LogP contribution is 2.23. The van der Waals surface area contributed by atoms with Gasteiger partial charge in [0.2, 0.25) is 10.0 Å². The van der Waals surface area contributed by atoms with E-state index >= 15 is 0 Å². The molecule has 118 valence electrons. The van der Waals surface area contributed by atoms with Crippen LogP contribution in [0.25, 0.3) is 0 Å². The van der Waals surface area contributed by atoms with Gasteiger partial charge in [-0.1, -0.05) is 0 Å². The standard InChI is InChI=1S/C13H20N2O5S/c1-4-20-12-6-5-10(21(14,17)18)9-11(12)13(16)15(2)7-8-19-3/h5-6,9H,4,7-8H2,1-3H3,(H2,14,17,18). The van der Waals surface area contributed by atoms with Crippen LogP contribution in [0.2, 0.25) is 0 Å². The highest BCUT2D eigenvalue weighted by atomic mass is 32.2. The Balaban J connectivity index is 3.19. The third-order valence-electron chi connectivity index (χ3n) is 2.79. The molecular weight excluding hydrogens is 296 g/mol. The third kappa shape index (κ3) is 4.69. The average Bonchev–Trinajstić information content (AvgIpc) is 2.43. The number of ether oxygens (including phenoxy) is 2. The van der Waals surface area contributed by atoms with Crippen molar-refractivity contribution in [3.63, 3.8) is 0 Å². The smallest absolute Gasteiger partial charge is 0.257 e. The van der Waals surface area contributed by atoms with E-state index in [1.807, 2.05) is 0 Å². The molecule has 0 spiro atoms. The number of likely N-dealkylation sites (N-methyl/N-ethyl adjacent to an activating group) is 1. The Morgan fingerprint density at radius 3 is 2.57 bits per heavy atom. The Morgan fingerprint density at radius 1 is 1.38 bits per heavy atom. The number of carbonyl (C=O) groups is 1. The van der Waals surface area contributed by atoms with Crippen LogP contribution in [0.3, 0.4) is 0 Å². The molecule has 1 aromatic rings. The van der Waals surface area contributed by atoms with E-state index in [1.54, 1.807) is 14.0 Å². The maximum Gasteiger partial charge on any atom is 0.257 e. The minimum absolute atomic E-state index is 0.130. The van der Waals surface area contributed by atoms with E-state index < -0.39 is 10.0 Å². The first kappa shape index (κ1) is 17.4. The largest absolute Gasteiger partial charge is 0.493 e. The van der Waals surface area contributed by atoms with Crippen LogP contribution >= 0.6 is 0 Å². The summed E-state index contributed by atoms with van der Waals surface area (Å²) in [5, 5.41) is 5.09. The predicted molar refractivity (Wildman–Crippen MR) is 77.8 cm³/mol. The fraction of sp³-hybridized carbons (Fsp3) is 0.462. The number of amides is 1. The van der Waals surface area contributed by atoms with Crippen LogP contribution in [0.5, 0.6) is 5.75 Å². The first-order valence-corrected chi connectivity index (χ1v) is 7.90. The Morgan fingerprint density at radius 2 is 2.05 bits per heavy atom. The van der Waals surface area contributed by atoms with E-state index in [0.717, 1.165) is 0 Å². The molecule has 7 nitrogen and oxygen atoms in total. The second kappa shape index (κ2) is 7.39. The predicted octanol–water partition coefficient (Wildman–Crippen LogP) is 0.451. The van der Waals surface area contributed by atoms with Gasteiger partial charge in [0.15, 0.2) is 0 Å². The average molecular weight is 316 g/mol. The Bertz CT molecular complexity index is 601. The van der Waals surface area contributed by atoms with Gasteiger partial charge in [-0.3, -0.25) is 4.79 Å². The molecule has 2 N–H and O–H groups in total. The molecular formula is C13H20N2O5S. The molecule has 1 aromatic carbocycles. The Kier molecular flexibility index (Phi) is 6.13. The number of sulfonamides is 1. The van der Waals surface area contributed by atoms with Crippen molar-refractivity contribution < 1.29 is 22.7 Å². The molecule has 1 rings (SSSR count). The molecule has 0 aliphatic rings. The van der Waals surface area contributed by atoms with Crippen molar-refractivity contribution in [1.29, 1.82) is 0 Å². The van der Waals surface area contributed by atoms with Crippen LogP contribution in [0.4, 0.5) is 0 Å². The minimum atomic E-state index is -3.88. The highest BCUT2D eigenvalue weighted by Gasteiger charge is 2.20. The Labute approximate surface area is 124 Å². The molecule has 0 aromatic heterocycles. The molecule has 0 unspecified atom stereocenters. The SMILES string of the molecule is CCOc1ccc(S(N)(=O)=O)cc1C(=O)N(C)CCOC. The van der Waals surface area contributed by atoms with Gasteiger partial charge in [-0.15, -0.1) is 0 Å². The normalized spacial score (nSPS) is 11.2. The minimum Gasteiger partial charge on any atom is -0.493 e. The second-order valence-electron chi connectivity index (χ2n) is 4.36. The highest BCUT2D eigenvalue weighted by molar-refractivity contribution is 7.89. The van der Waals surface area contributed by atoms with Crippen molar-refractivity contribution in [2.45, 2.75) is 11.8 Å². The molecule has 1 amide bonds. The number of hydrogen-bond acceptors (Lipinski definition) is 5. The summed E-state index contributed by atoms with van der Waals surface area (Å²) in [6.45, 7) is 2.88. The topological polar surface area (TPSA) is 98.9 Å². The van der Waals surface area contributed by atoms with E-state index in [2.05, 4.69) is 0 Å². The van der Waals surface area contributed by atoms with Crippen LogP contribution in [-0.4, -0.2) is 53.1 Å².